The molecule has 56 heavy (non-hydrogen) atoms. The van der Waals surface area contributed by atoms with Gasteiger partial charge in [0.1, 0.15) is 11.5 Å². The number of fused-ring (bicyclic) bond motifs is 4. The van der Waals surface area contributed by atoms with Gasteiger partial charge in [-0.05, 0) is 85.8 Å². The summed E-state index contributed by atoms with van der Waals surface area (Å²) in [6.07, 6.45) is 0. The Morgan fingerprint density at radius 3 is 1.12 bits per heavy atom. The van der Waals surface area contributed by atoms with Crippen molar-refractivity contribution in [1.29, 1.82) is 0 Å². The van der Waals surface area contributed by atoms with E-state index in [1.54, 1.807) is 24.3 Å². The Morgan fingerprint density at radius 1 is 0.446 bits per heavy atom. The number of carboxylic acid groups (broad SMARTS) is 1. The molecule has 0 radical (unpaired) electrons. The first kappa shape index (κ1) is 33.7. The Balaban J connectivity index is 1.17. The third-order valence-electron chi connectivity index (χ3n) is 10.0. The molecule has 272 valence electrons. The van der Waals surface area contributed by atoms with E-state index in [0.717, 1.165) is 57.2 Å². The number of carbonyl (C=O) groups is 1. The van der Waals surface area contributed by atoms with Crippen molar-refractivity contribution in [3.8, 4) is 28.6 Å². The monoisotopic (exact) mass is 746 g/mol. The molecule has 0 spiro atoms. The zero-order chi connectivity index (χ0) is 39.5. The van der Waals surface area contributed by atoms with Crippen molar-refractivity contribution < 1.29 is 14.6 Å². The lowest BCUT2D eigenvalue weighted by Gasteiger charge is -2.08. The lowest BCUT2D eigenvalue weighted by Crippen LogP contribution is -2.26. The molecular weight excluding hydrogens is 724 g/mol. The van der Waals surface area contributed by atoms with Crippen LogP contribution in [0.1, 0.15) is 15.9 Å². The van der Waals surface area contributed by atoms with Crippen molar-refractivity contribution in [2.75, 3.05) is 0 Å². The molecule has 0 aliphatic carbocycles. The summed E-state index contributed by atoms with van der Waals surface area (Å²) in [4.78, 5) is 120. The van der Waals surface area contributed by atoms with Crippen molar-refractivity contribution in [3.05, 3.63) is 185 Å². The fourth-order valence-corrected chi connectivity index (χ4v) is 7.15. The van der Waals surface area contributed by atoms with Gasteiger partial charge in [0.15, 0.2) is 0 Å². The number of aromatic carboxylic acids is 1. The molecule has 5 aromatic carbocycles. The molecule has 9 rings (SSSR count). The van der Waals surface area contributed by atoms with Crippen LogP contribution >= 0.6 is 0 Å². The van der Waals surface area contributed by atoms with Crippen LogP contribution < -0.4 is 49.2 Å². The highest BCUT2D eigenvalue weighted by atomic mass is 16.5. The first-order valence-electron chi connectivity index (χ1n) is 16.8. The average Bonchev–Trinajstić information content (AvgIpc) is 3.77. The topological polar surface area (TPSA) is 203 Å². The number of ether oxygens (including phenoxy) is 1. The minimum atomic E-state index is -1.52. The zero-order valence-electron chi connectivity index (χ0n) is 29.0. The molecule has 0 saturated heterocycles. The van der Waals surface area contributed by atoms with Crippen molar-refractivity contribution in [1.82, 2.24) is 18.3 Å². The number of hydrogen-bond donors (Lipinski definition) is 1. The highest BCUT2D eigenvalue weighted by Crippen LogP contribution is 2.24. The molecule has 15 heteroatoms. The van der Waals surface area contributed by atoms with Crippen LogP contribution in [0.4, 0.5) is 0 Å². The minimum Gasteiger partial charge on any atom is -0.478 e. The van der Waals surface area contributed by atoms with E-state index in [2.05, 4.69) is 0 Å². The molecule has 9 aromatic rings. The van der Waals surface area contributed by atoms with E-state index in [9.17, 15) is 48.3 Å². The standard InChI is InChI=1S/C41H22N4O11/c1-18-3-7-23(8-4-18)56-24-9-5-20(6-10-24)43-35(48)29-16-31-32(17-30(29)36(43)49)40(53)45(39(31)52)22-12-19(41(54)55)11-21(13-22)44-37(50)27-14-25-26(15-28(27)38(44)51)34(47)42(2)33(25)46/h3-17H,1-2H3,(H,54,55). The van der Waals surface area contributed by atoms with Crippen LogP contribution in [-0.4, -0.2) is 29.3 Å². The van der Waals surface area contributed by atoms with Gasteiger partial charge in [0, 0.05) is 7.05 Å². The van der Waals surface area contributed by atoms with Crippen molar-refractivity contribution >= 4 is 49.1 Å². The molecule has 0 amide bonds. The molecule has 4 aromatic heterocycles. The third-order valence-corrected chi connectivity index (χ3v) is 10.0. The van der Waals surface area contributed by atoms with E-state index in [-0.39, 0.29) is 60.2 Å². The predicted octanol–water partition coefficient (Wildman–Crippen LogP) is 2.44. The minimum absolute atomic E-state index is 0.0846. The van der Waals surface area contributed by atoms with E-state index in [0.29, 0.717) is 20.6 Å². The number of benzene rings is 5. The van der Waals surface area contributed by atoms with Gasteiger partial charge >= 0.3 is 5.97 Å². The lowest BCUT2D eigenvalue weighted by atomic mass is 10.1. The number of rotatable bonds is 6. The van der Waals surface area contributed by atoms with Gasteiger partial charge in [-0.3, -0.25) is 42.9 Å². The quantitative estimate of drug-likeness (QED) is 0.262. The highest BCUT2D eigenvalue weighted by Gasteiger charge is 2.24. The van der Waals surface area contributed by atoms with Gasteiger partial charge in [-0.25, -0.2) is 18.5 Å². The SMILES string of the molecule is Cc1ccc(Oc2ccc(-n3c(=O)c4cc5c(=O)n(-c6cc(C(=O)O)cc(-n7c(=O)c8cc9c(=O)n(C)c(=O)c9cc8c7=O)c6)c(=O)c5cc4c3=O)cc2)cc1. The van der Waals surface area contributed by atoms with Crippen LogP contribution in [0, 0.1) is 6.92 Å². The largest absolute Gasteiger partial charge is 0.478 e. The summed E-state index contributed by atoms with van der Waals surface area (Å²) in [6, 6.07) is 21.1. The van der Waals surface area contributed by atoms with Crippen LogP contribution in [0.25, 0.3) is 60.2 Å². The fraction of sp³-hybridized carbons (Fsp3) is 0.0488. The van der Waals surface area contributed by atoms with E-state index < -0.39 is 56.0 Å². The first-order chi connectivity index (χ1) is 26.7. The van der Waals surface area contributed by atoms with Crippen LogP contribution in [0.5, 0.6) is 11.5 Å². The molecule has 1 N–H and O–H groups in total. The average molecular weight is 747 g/mol. The van der Waals surface area contributed by atoms with E-state index in [1.165, 1.54) is 19.2 Å². The molecular formula is C41H22N4O11. The number of hydrogen-bond acceptors (Lipinski definition) is 10. The number of nitrogens with zero attached hydrogens (tertiary/aromatic N) is 4. The van der Waals surface area contributed by atoms with E-state index >= 15 is 0 Å². The Kier molecular flexibility index (Phi) is 7.06. The van der Waals surface area contributed by atoms with E-state index in [4.69, 9.17) is 4.74 Å². The number of aryl methyl sites for hydroxylation is 1. The summed E-state index contributed by atoms with van der Waals surface area (Å²) in [5, 5.41) is 8.61. The second-order valence-electron chi connectivity index (χ2n) is 13.3. The van der Waals surface area contributed by atoms with Crippen molar-refractivity contribution in [2.24, 2.45) is 7.05 Å². The highest BCUT2D eigenvalue weighted by molar-refractivity contribution is 5.99. The summed E-state index contributed by atoms with van der Waals surface area (Å²) in [5.41, 5.74) is -6.53. The fourth-order valence-electron chi connectivity index (χ4n) is 7.15. The molecule has 0 unspecified atom stereocenters. The van der Waals surface area contributed by atoms with Crippen molar-refractivity contribution in [2.45, 2.75) is 6.92 Å². The van der Waals surface area contributed by atoms with Crippen LogP contribution in [-0.2, 0) is 7.05 Å². The van der Waals surface area contributed by atoms with Crippen molar-refractivity contribution in [3.63, 3.8) is 0 Å². The Morgan fingerprint density at radius 2 is 0.768 bits per heavy atom. The van der Waals surface area contributed by atoms with Gasteiger partial charge in [-0.2, -0.15) is 0 Å². The summed E-state index contributed by atoms with van der Waals surface area (Å²) in [5.74, 6) is -0.485. The Hall–Kier alpha value is -8.07. The molecule has 0 aliphatic heterocycles. The molecule has 15 nitrogen and oxygen atoms in total. The van der Waals surface area contributed by atoms with E-state index in [1.807, 2.05) is 19.1 Å². The molecule has 0 saturated carbocycles. The maximum atomic E-state index is 13.9. The predicted molar refractivity (Wildman–Crippen MR) is 207 cm³/mol. The van der Waals surface area contributed by atoms with Gasteiger partial charge < -0.3 is 9.84 Å². The first-order valence-corrected chi connectivity index (χ1v) is 16.8. The molecule has 0 fully saturated rings. The van der Waals surface area contributed by atoms with Gasteiger partial charge in [0.2, 0.25) is 0 Å². The zero-order valence-corrected chi connectivity index (χ0v) is 29.0. The normalized spacial score (nSPS) is 11.8. The second-order valence-corrected chi connectivity index (χ2v) is 13.3. The Labute approximate surface area is 309 Å². The van der Waals surface area contributed by atoms with Gasteiger partial charge in [-0.1, -0.05) is 17.7 Å². The van der Waals surface area contributed by atoms with Gasteiger partial charge in [0.05, 0.1) is 65.7 Å². The Bertz CT molecular complexity index is 3500. The summed E-state index contributed by atoms with van der Waals surface area (Å²) < 4.78 is 8.83. The lowest BCUT2D eigenvalue weighted by molar-refractivity contribution is 0.0696. The van der Waals surface area contributed by atoms with Crippen LogP contribution in [0.2, 0.25) is 0 Å². The summed E-state index contributed by atoms with van der Waals surface area (Å²) >= 11 is 0. The van der Waals surface area contributed by atoms with Crippen LogP contribution in [0.15, 0.2) is 129 Å². The third kappa shape index (κ3) is 4.74. The maximum absolute atomic E-state index is 13.9. The van der Waals surface area contributed by atoms with Crippen LogP contribution in [0.3, 0.4) is 0 Å². The summed E-state index contributed by atoms with van der Waals surface area (Å²) in [7, 11) is 1.26. The second kappa shape index (κ2) is 11.7. The molecule has 0 atom stereocenters. The smallest absolute Gasteiger partial charge is 0.335 e. The number of aromatic nitrogens is 4. The maximum Gasteiger partial charge on any atom is 0.335 e. The molecule has 0 bridgehead atoms. The molecule has 0 aliphatic rings. The van der Waals surface area contributed by atoms with Gasteiger partial charge in [0.25, 0.3) is 44.5 Å². The molecule has 4 heterocycles. The van der Waals surface area contributed by atoms with Gasteiger partial charge in [-0.15, -0.1) is 0 Å². The summed E-state index contributed by atoms with van der Waals surface area (Å²) in [6.45, 7) is 1.94. The number of carboxylic acids is 1.